The fourth-order valence-corrected chi connectivity index (χ4v) is 1.72. The molecule has 0 amide bonds. The van der Waals surface area contributed by atoms with Crippen molar-refractivity contribution in [3.05, 3.63) is 45.5 Å². The third-order valence-electron chi connectivity index (χ3n) is 2.93. The van der Waals surface area contributed by atoms with E-state index in [9.17, 15) is 10.1 Å². The van der Waals surface area contributed by atoms with E-state index in [2.05, 4.69) is 33.0 Å². The molecule has 4 nitrogen and oxygen atoms in total. The molecule has 0 aliphatic rings. The molecule has 4 heteroatoms. The summed E-state index contributed by atoms with van der Waals surface area (Å²) in [4.78, 5) is 10.7. The SMILES string of the molecule is CC(C)NCC(=Cc1ccccc1[N+](=O)[O-])C(C)C. The van der Waals surface area contributed by atoms with Gasteiger partial charge in [0.25, 0.3) is 5.69 Å². The topological polar surface area (TPSA) is 55.2 Å². The van der Waals surface area contributed by atoms with Crippen molar-refractivity contribution in [1.29, 1.82) is 0 Å². The van der Waals surface area contributed by atoms with E-state index in [1.54, 1.807) is 18.2 Å². The molecule has 0 aliphatic heterocycles. The smallest absolute Gasteiger partial charge is 0.276 e. The van der Waals surface area contributed by atoms with E-state index in [1.807, 2.05) is 12.1 Å². The lowest BCUT2D eigenvalue weighted by molar-refractivity contribution is -0.385. The van der Waals surface area contributed by atoms with Crippen LogP contribution in [-0.2, 0) is 0 Å². The van der Waals surface area contributed by atoms with E-state index in [0.29, 0.717) is 17.5 Å². The highest BCUT2D eigenvalue weighted by atomic mass is 16.6. The van der Waals surface area contributed by atoms with Gasteiger partial charge in [-0.15, -0.1) is 0 Å². The minimum atomic E-state index is -0.334. The zero-order chi connectivity index (χ0) is 14.4. The highest BCUT2D eigenvalue weighted by molar-refractivity contribution is 5.63. The molecule has 0 aliphatic carbocycles. The quantitative estimate of drug-likeness (QED) is 0.629. The van der Waals surface area contributed by atoms with Crippen LogP contribution in [-0.4, -0.2) is 17.5 Å². The van der Waals surface area contributed by atoms with E-state index in [0.717, 1.165) is 6.54 Å². The number of rotatable bonds is 6. The summed E-state index contributed by atoms with van der Waals surface area (Å²) in [5.41, 5.74) is 2.00. The maximum atomic E-state index is 11.0. The molecule has 0 radical (unpaired) electrons. The molecule has 104 valence electrons. The van der Waals surface area contributed by atoms with Crippen molar-refractivity contribution in [2.45, 2.75) is 33.7 Å². The van der Waals surface area contributed by atoms with E-state index in [1.165, 1.54) is 5.57 Å². The van der Waals surface area contributed by atoms with Gasteiger partial charge in [0.05, 0.1) is 10.5 Å². The summed E-state index contributed by atoms with van der Waals surface area (Å²) < 4.78 is 0. The van der Waals surface area contributed by atoms with Gasteiger partial charge < -0.3 is 5.32 Å². The first kappa shape index (κ1) is 15.4. The number of hydrogen-bond acceptors (Lipinski definition) is 3. The van der Waals surface area contributed by atoms with Crippen molar-refractivity contribution in [1.82, 2.24) is 5.32 Å². The molecule has 1 rings (SSSR count). The molecule has 0 fully saturated rings. The molecular weight excluding hydrogens is 240 g/mol. The first-order valence-corrected chi connectivity index (χ1v) is 6.59. The monoisotopic (exact) mass is 262 g/mol. The zero-order valence-electron chi connectivity index (χ0n) is 12.0. The van der Waals surface area contributed by atoms with Gasteiger partial charge in [-0.05, 0) is 18.1 Å². The fraction of sp³-hybridized carbons (Fsp3) is 0.467. The van der Waals surface area contributed by atoms with Gasteiger partial charge in [0, 0.05) is 18.7 Å². The molecule has 1 aromatic rings. The Morgan fingerprint density at radius 1 is 1.32 bits per heavy atom. The van der Waals surface area contributed by atoms with E-state index < -0.39 is 0 Å². The molecule has 0 atom stereocenters. The Balaban J connectivity index is 3.05. The Labute approximate surface area is 114 Å². The van der Waals surface area contributed by atoms with Crippen LogP contribution >= 0.6 is 0 Å². The highest BCUT2D eigenvalue weighted by Crippen LogP contribution is 2.22. The largest absolute Gasteiger partial charge is 0.311 e. The van der Waals surface area contributed by atoms with Gasteiger partial charge >= 0.3 is 0 Å². The van der Waals surface area contributed by atoms with Crippen molar-refractivity contribution in [2.24, 2.45) is 5.92 Å². The van der Waals surface area contributed by atoms with Crippen LogP contribution in [0.5, 0.6) is 0 Å². The average Bonchev–Trinajstić information content (AvgIpc) is 2.34. The average molecular weight is 262 g/mol. The number of nitrogens with one attached hydrogen (secondary N) is 1. The van der Waals surface area contributed by atoms with Crippen LogP contribution < -0.4 is 5.32 Å². The number of nitro benzene ring substituents is 1. The van der Waals surface area contributed by atoms with Gasteiger partial charge in [-0.3, -0.25) is 10.1 Å². The van der Waals surface area contributed by atoms with Gasteiger partial charge in [-0.2, -0.15) is 0 Å². The summed E-state index contributed by atoms with van der Waals surface area (Å²) in [7, 11) is 0. The van der Waals surface area contributed by atoms with Crippen molar-refractivity contribution in [3.63, 3.8) is 0 Å². The lowest BCUT2D eigenvalue weighted by atomic mass is 9.99. The number of hydrogen-bond donors (Lipinski definition) is 1. The van der Waals surface area contributed by atoms with Crippen LogP contribution in [0.1, 0.15) is 33.3 Å². The standard InChI is InChI=1S/C15H22N2O2/c1-11(2)14(10-16-12(3)4)9-13-7-5-6-8-15(13)17(18)19/h5-9,11-12,16H,10H2,1-4H3. The maximum Gasteiger partial charge on any atom is 0.276 e. The number of para-hydroxylation sites is 1. The van der Waals surface area contributed by atoms with Gasteiger partial charge in [0.1, 0.15) is 0 Å². The van der Waals surface area contributed by atoms with Gasteiger partial charge in [0.2, 0.25) is 0 Å². The lowest BCUT2D eigenvalue weighted by Crippen LogP contribution is -2.26. The lowest BCUT2D eigenvalue weighted by Gasteiger charge is -2.15. The molecule has 0 saturated carbocycles. The molecule has 1 aromatic carbocycles. The summed E-state index contributed by atoms with van der Waals surface area (Å²) in [6, 6.07) is 7.24. The zero-order valence-corrected chi connectivity index (χ0v) is 12.0. The Hall–Kier alpha value is -1.68. The van der Waals surface area contributed by atoms with Gasteiger partial charge in [-0.25, -0.2) is 0 Å². The first-order valence-electron chi connectivity index (χ1n) is 6.59. The van der Waals surface area contributed by atoms with Crippen molar-refractivity contribution in [2.75, 3.05) is 6.54 Å². The van der Waals surface area contributed by atoms with Crippen LogP contribution in [0, 0.1) is 16.0 Å². The normalized spacial score (nSPS) is 12.2. The summed E-state index contributed by atoms with van der Waals surface area (Å²) in [5, 5.41) is 14.4. The third kappa shape index (κ3) is 4.83. The molecule has 0 unspecified atom stereocenters. The van der Waals surface area contributed by atoms with Crippen molar-refractivity contribution < 1.29 is 4.92 Å². The second kappa shape index (κ2) is 7.04. The van der Waals surface area contributed by atoms with Crippen LogP contribution in [0.4, 0.5) is 5.69 Å². The summed E-state index contributed by atoms with van der Waals surface area (Å²) in [6.07, 6.45) is 1.93. The van der Waals surface area contributed by atoms with Crippen LogP contribution in [0.25, 0.3) is 6.08 Å². The minimum Gasteiger partial charge on any atom is -0.311 e. The Morgan fingerprint density at radius 2 is 1.95 bits per heavy atom. The summed E-state index contributed by atoms with van der Waals surface area (Å²) in [5.74, 6) is 0.353. The molecular formula is C15H22N2O2. The molecule has 0 heterocycles. The van der Waals surface area contributed by atoms with Crippen molar-refractivity contribution in [3.8, 4) is 0 Å². The molecule has 0 aromatic heterocycles. The number of nitrogens with zero attached hydrogens (tertiary/aromatic N) is 1. The fourth-order valence-electron chi connectivity index (χ4n) is 1.72. The Morgan fingerprint density at radius 3 is 2.47 bits per heavy atom. The Bertz CT molecular complexity index is 465. The van der Waals surface area contributed by atoms with E-state index >= 15 is 0 Å². The summed E-state index contributed by atoms with van der Waals surface area (Å²) in [6.45, 7) is 9.12. The molecule has 0 spiro atoms. The Kier molecular flexibility index (Phi) is 5.70. The first-order chi connectivity index (χ1) is 8.91. The molecule has 19 heavy (non-hydrogen) atoms. The summed E-state index contributed by atoms with van der Waals surface area (Å²) >= 11 is 0. The number of benzene rings is 1. The van der Waals surface area contributed by atoms with E-state index in [4.69, 9.17) is 0 Å². The van der Waals surface area contributed by atoms with Crippen LogP contribution in [0.3, 0.4) is 0 Å². The predicted molar refractivity (Wildman–Crippen MR) is 79.1 cm³/mol. The van der Waals surface area contributed by atoms with Crippen LogP contribution in [0.2, 0.25) is 0 Å². The second-order valence-corrected chi connectivity index (χ2v) is 5.23. The maximum absolute atomic E-state index is 11.0. The number of nitro groups is 1. The molecule has 1 N–H and O–H groups in total. The molecule has 0 bridgehead atoms. The third-order valence-corrected chi connectivity index (χ3v) is 2.93. The minimum absolute atomic E-state index is 0.158. The van der Waals surface area contributed by atoms with Gasteiger partial charge in [-0.1, -0.05) is 45.4 Å². The molecule has 0 saturated heterocycles. The van der Waals surface area contributed by atoms with E-state index in [-0.39, 0.29) is 10.6 Å². The second-order valence-electron chi connectivity index (χ2n) is 5.23. The van der Waals surface area contributed by atoms with Crippen LogP contribution in [0.15, 0.2) is 29.8 Å². The van der Waals surface area contributed by atoms with Crippen molar-refractivity contribution >= 4 is 11.8 Å². The van der Waals surface area contributed by atoms with Gasteiger partial charge in [0.15, 0.2) is 0 Å². The predicted octanol–water partition coefficient (Wildman–Crippen LogP) is 3.63. The highest BCUT2D eigenvalue weighted by Gasteiger charge is 2.12.